The Hall–Kier alpha value is -3.40. The largest absolute Gasteiger partial charge is 0.368 e. The van der Waals surface area contributed by atoms with Gasteiger partial charge in [0.15, 0.2) is 0 Å². The molecule has 0 saturated heterocycles. The quantitative estimate of drug-likeness (QED) is 0.624. The van der Waals surface area contributed by atoms with E-state index in [-0.39, 0.29) is 12.3 Å². The lowest BCUT2D eigenvalue weighted by Crippen LogP contribution is -2.45. The highest BCUT2D eigenvalue weighted by Gasteiger charge is 2.38. The van der Waals surface area contributed by atoms with Crippen LogP contribution >= 0.6 is 0 Å². The summed E-state index contributed by atoms with van der Waals surface area (Å²) in [6.45, 7) is 1.59. The molecule has 4 nitrogen and oxygen atoms in total. The van der Waals surface area contributed by atoms with E-state index in [0.29, 0.717) is 0 Å². The molecule has 0 aliphatic heterocycles. The Labute approximate surface area is 165 Å². The lowest BCUT2D eigenvalue weighted by Gasteiger charge is -2.35. The zero-order valence-corrected chi connectivity index (χ0v) is 15.8. The van der Waals surface area contributed by atoms with Crippen LogP contribution in [0.4, 0.5) is 0 Å². The summed E-state index contributed by atoms with van der Waals surface area (Å²) in [7, 11) is 0. The van der Waals surface area contributed by atoms with Crippen LogP contribution in [0.25, 0.3) is 0 Å². The number of benzene rings is 3. The minimum atomic E-state index is -0.729. The van der Waals surface area contributed by atoms with E-state index in [9.17, 15) is 9.59 Å². The van der Waals surface area contributed by atoms with Gasteiger partial charge in [0.2, 0.25) is 11.8 Å². The molecule has 0 unspecified atom stereocenters. The first-order valence-corrected chi connectivity index (χ1v) is 9.29. The zero-order valence-electron chi connectivity index (χ0n) is 15.8. The lowest BCUT2D eigenvalue weighted by atomic mass is 9.67. The summed E-state index contributed by atoms with van der Waals surface area (Å²) in [5.41, 5.74) is 7.66. The van der Waals surface area contributed by atoms with E-state index < -0.39 is 17.4 Å². The summed E-state index contributed by atoms with van der Waals surface area (Å²) in [4.78, 5) is 24.4. The maximum Gasteiger partial charge on any atom is 0.239 e. The van der Waals surface area contributed by atoms with Crippen molar-refractivity contribution in [3.8, 4) is 0 Å². The van der Waals surface area contributed by atoms with Crippen molar-refractivity contribution in [3.05, 3.63) is 108 Å². The number of carbonyl (C=O) groups is 2. The highest BCUT2D eigenvalue weighted by Crippen LogP contribution is 2.42. The van der Waals surface area contributed by atoms with Gasteiger partial charge in [-0.2, -0.15) is 0 Å². The van der Waals surface area contributed by atoms with Crippen LogP contribution in [0.15, 0.2) is 91.0 Å². The molecule has 0 aliphatic rings. The van der Waals surface area contributed by atoms with Crippen LogP contribution in [0.1, 0.15) is 30.0 Å². The van der Waals surface area contributed by atoms with Crippen LogP contribution in [0.3, 0.4) is 0 Å². The van der Waals surface area contributed by atoms with E-state index in [1.54, 1.807) is 6.92 Å². The third-order valence-corrected chi connectivity index (χ3v) is 5.03. The predicted octanol–water partition coefficient (Wildman–Crippen LogP) is 3.40. The molecule has 0 saturated carbocycles. The van der Waals surface area contributed by atoms with Gasteiger partial charge in [0.1, 0.15) is 6.04 Å². The molecule has 28 heavy (non-hydrogen) atoms. The van der Waals surface area contributed by atoms with Crippen molar-refractivity contribution in [2.24, 2.45) is 5.73 Å². The Morgan fingerprint density at radius 2 is 1.14 bits per heavy atom. The van der Waals surface area contributed by atoms with Crippen LogP contribution in [-0.2, 0) is 15.0 Å². The predicted molar refractivity (Wildman–Crippen MR) is 111 cm³/mol. The number of carbonyl (C=O) groups excluding carboxylic acids is 2. The molecule has 0 fully saturated rings. The molecule has 0 radical (unpaired) electrons. The van der Waals surface area contributed by atoms with E-state index in [1.165, 1.54) is 0 Å². The van der Waals surface area contributed by atoms with E-state index in [4.69, 9.17) is 5.73 Å². The Kier molecular flexibility index (Phi) is 5.90. The third-order valence-electron chi connectivity index (χ3n) is 5.03. The van der Waals surface area contributed by atoms with Crippen LogP contribution in [-0.4, -0.2) is 17.9 Å². The molecule has 0 spiro atoms. The highest BCUT2D eigenvalue weighted by molar-refractivity contribution is 5.87. The van der Waals surface area contributed by atoms with Gasteiger partial charge in [0.05, 0.1) is 5.41 Å². The highest BCUT2D eigenvalue weighted by atomic mass is 16.2. The first-order chi connectivity index (χ1) is 13.5. The van der Waals surface area contributed by atoms with Crippen LogP contribution in [0, 0.1) is 0 Å². The van der Waals surface area contributed by atoms with Gasteiger partial charge in [-0.05, 0) is 23.6 Å². The molecule has 3 aromatic carbocycles. The molecule has 0 aliphatic carbocycles. The number of nitrogens with two attached hydrogens (primary N) is 1. The van der Waals surface area contributed by atoms with Gasteiger partial charge in [-0.1, -0.05) is 91.0 Å². The molecule has 142 valence electrons. The second-order valence-corrected chi connectivity index (χ2v) is 6.87. The van der Waals surface area contributed by atoms with Crippen molar-refractivity contribution >= 4 is 11.8 Å². The summed E-state index contributed by atoms with van der Waals surface area (Å²) >= 11 is 0. The fourth-order valence-electron chi connectivity index (χ4n) is 3.58. The molecule has 0 heterocycles. The number of nitrogens with one attached hydrogen (secondary N) is 1. The summed E-state index contributed by atoms with van der Waals surface area (Å²) in [6.07, 6.45) is 0.155. The second-order valence-electron chi connectivity index (χ2n) is 6.87. The molecular weight excluding hydrogens is 348 g/mol. The third kappa shape index (κ3) is 3.96. The summed E-state index contributed by atoms with van der Waals surface area (Å²) < 4.78 is 0. The van der Waals surface area contributed by atoms with Crippen LogP contribution in [0.2, 0.25) is 0 Å². The molecule has 0 bridgehead atoms. The van der Waals surface area contributed by atoms with Gasteiger partial charge in [0, 0.05) is 6.42 Å². The Morgan fingerprint density at radius 1 is 0.786 bits per heavy atom. The van der Waals surface area contributed by atoms with Crippen molar-refractivity contribution in [2.75, 3.05) is 0 Å². The van der Waals surface area contributed by atoms with Gasteiger partial charge in [-0.15, -0.1) is 0 Å². The van der Waals surface area contributed by atoms with E-state index in [0.717, 1.165) is 16.7 Å². The Balaban J connectivity index is 2.17. The maximum atomic E-state index is 13.0. The first kappa shape index (κ1) is 19.4. The normalized spacial score (nSPS) is 12.2. The Morgan fingerprint density at radius 3 is 1.46 bits per heavy atom. The average Bonchev–Trinajstić information content (AvgIpc) is 2.74. The van der Waals surface area contributed by atoms with Crippen molar-refractivity contribution in [1.29, 1.82) is 0 Å². The SMILES string of the molecule is C[C@H](NC(=O)CC(c1ccccc1)(c1ccccc1)c1ccccc1)C(N)=O. The standard InChI is InChI=1S/C24H24N2O2/c1-18(23(25)28)26-22(27)17-24(19-11-5-2-6-12-19,20-13-7-3-8-14-20)21-15-9-4-10-16-21/h2-16,18H,17H2,1H3,(H2,25,28)(H,26,27)/t18-/m0/s1. The molecule has 0 aromatic heterocycles. The van der Waals surface area contributed by atoms with E-state index in [2.05, 4.69) is 5.32 Å². The summed E-state index contributed by atoms with van der Waals surface area (Å²) in [6, 6.07) is 29.2. The minimum Gasteiger partial charge on any atom is -0.368 e. The zero-order chi connectivity index (χ0) is 20.0. The minimum absolute atomic E-state index is 0.155. The van der Waals surface area contributed by atoms with Gasteiger partial charge >= 0.3 is 0 Å². The maximum absolute atomic E-state index is 13.0. The molecule has 3 aromatic rings. The van der Waals surface area contributed by atoms with Crippen LogP contribution < -0.4 is 11.1 Å². The average molecular weight is 372 g/mol. The van der Waals surface area contributed by atoms with Gasteiger partial charge in [0.25, 0.3) is 0 Å². The summed E-state index contributed by atoms with van der Waals surface area (Å²) in [5.74, 6) is -0.791. The van der Waals surface area contributed by atoms with E-state index in [1.807, 2.05) is 91.0 Å². The van der Waals surface area contributed by atoms with Crippen LogP contribution in [0.5, 0.6) is 0 Å². The number of amides is 2. The van der Waals surface area contributed by atoms with Crippen molar-refractivity contribution in [2.45, 2.75) is 24.8 Å². The molecule has 3 N–H and O–H groups in total. The van der Waals surface area contributed by atoms with E-state index >= 15 is 0 Å². The fourth-order valence-corrected chi connectivity index (χ4v) is 3.58. The first-order valence-electron chi connectivity index (χ1n) is 9.29. The lowest BCUT2D eigenvalue weighted by molar-refractivity contribution is -0.127. The van der Waals surface area contributed by atoms with Crippen molar-refractivity contribution in [3.63, 3.8) is 0 Å². The number of hydrogen-bond acceptors (Lipinski definition) is 2. The van der Waals surface area contributed by atoms with Crippen molar-refractivity contribution < 1.29 is 9.59 Å². The van der Waals surface area contributed by atoms with Gasteiger partial charge in [-0.25, -0.2) is 0 Å². The number of hydrogen-bond donors (Lipinski definition) is 2. The molecule has 1 atom stereocenters. The Bertz CT molecular complexity index is 828. The van der Waals surface area contributed by atoms with Gasteiger partial charge in [-0.3, -0.25) is 9.59 Å². The second kappa shape index (κ2) is 8.53. The monoisotopic (exact) mass is 372 g/mol. The topological polar surface area (TPSA) is 72.2 Å². The molecule has 3 rings (SSSR count). The fraction of sp³-hybridized carbons (Fsp3) is 0.167. The van der Waals surface area contributed by atoms with Crippen molar-refractivity contribution in [1.82, 2.24) is 5.32 Å². The number of primary amides is 1. The molecule has 4 heteroatoms. The molecule has 2 amide bonds. The smallest absolute Gasteiger partial charge is 0.239 e. The number of rotatable bonds is 7. The summed E-state index contributed by atoms with van der Waals surface area (Å²) in [5, 5.41) is 2.73. The molecular formula is C24H24N2O2. The van der Waals surface area contributed by atoms with Gasteiger partial charge < -0.3 is 11.1 Å².